The summed E-state index contributed by atoms with van der Waals surface area (Å²) < 4.78 is 13.2. The van der Waals surface area contributed by atoms with Crippen molar-refractivity contribution in [3.63, 3.8) is 0 Å². The van der Waals surface area contributed by atoms with Gasteiger partial charge in [0.1, 0.15) is 11.9 Å². The summed E-state index contributed by atoms with van der Waals surface area (Å²) in [6.07, 6.45) is 5.00. The van der Waals surface area contributed by atoms with E-state index >= 15 is 0 Å². The molecular formula is C17H25FN2. The van der Waals surface area contributed by atoms with Gasteiger partial charge in [-0.3, -0.25) is 0 Å². The van der Waals surface area contributed by atoms with Gasteiger partial charge in [0, 0.05) is 13.1 Å². The molecule has 0 heterocycles. The molecule has 2 nitrogen and oxygen atoms in total. The maximum Gasteiger partial charge on any atom is 0.140 e. The van der Waals surface area contributed by atoms with Crippen molar-refractivity contribution in [2.45, 2.75) is 53.0 Å². The van der Waals surface area contributed by atoms with Crippen molar-refractivity contribution in [3.8, 4) is 6.07 Å². The van der Waals surface area contributed by atoms with Gasteiger partial charge in [0.15, 0.2) is 0 Å². The highest BCUT2D eigenvalue weighted by atomic mass is 19.1. The zero-order valence-electron chi connectivity index (χ0n) is 12.8. The summed E-state index contributed by atoms with van der Waals surface area (Å²) in [5.74, 6) is -0.448. The smallest absolute Gasteiger partial charge is 0.140 e. The summed E-state index contributed by atoms with van der Waals surface area (Å²) >= 11 is 0. The van der Waals surface area contributed by atoms with Gasteiger partial charge in [-0.15, -0.1) is 0 Å². The Labute approximate surface area is 122 Å². The predicted octanol–water partition coefficient (Wildman–Crippen LogP) is 4.39. The van der Waals surface area contributed by atoms with Crippen LogP contribution in [0, 0.1) is 22.6 Å². The number of hydrogen-bond donors (Lipinski definition) is 1. The number of halogens is 1. The van der Waals surface area contributed by atoms with E-state index in [1.54, 1.807) is 12.1 Å². The van der Waals surface area contributed by atoms with E-state index in [-0.39, 0.29) is 11.0 Å². The van der Waals surface area contributed by atoms with Crippen LogP contribution in [0.1, 0.15) is 57.6 Å². The minimum absolute atomic E-state index is 0.117. The quantitative estimate of drug-likeness (QED) is 0.715. The fraction of sp³-hybridized carbons (Fsp3) is 0.588. The van der Waals surface area contributed by atoms with E-state index in [1.165, 1.54) is 31.7 Å². The zero-order chi connectivity index (χ0) is 15.0. The van der Waals surface area contributed by atoms with Gasteiger partial charge in [0.05, 0.1) is 5.56 Å². The Kier molecular flexibility index (Phi) is 6.67. The second-order valence-electron chi connectivity index (χ2n) is 6.15. The predicted molar refractivity (Wildman–Crippen MR) is 80.7 cm³/mol. The molecule has 0 spiro atoms. The van der Waals surface area contributed by atoms with Crippen molar-refractivity contribution < 1.29 is 4.39 Å². The zero-order valence-corrected chi connectivity index (χ0v) is 12.8. The van der Waals surface area contributed by atoms with Crippen LogP contribution in [0.3, 0.4) is 0 Å². The Morgan fingerprint density at radius 2 is 2.05 bits per heavy atom. The average Bonchev–Trinajstić information content (AvgIpc) is 2.40. The molecule has 0 unspecified atom stereocenters. The lowest BCUT2D eigenvalue weighted by atomic mass is 9.87. The summed E-state index contributed by atoms with van der Waals surface area (Å²) in [4.78, 5) is 0. The van der Waals surface area contributed by atoms with E-state index in [2.05, 4.69) is 26.1 Å². The molecule has 0 atom stereocenters. The van der Waals surface area contributed by atoms with Gasteiger partial charge in [-0.25, -0.2) is 4.39 Å². The average molecular weight is 276 g/mol. The number of benzene rings is 1. The van der Waals surface area contributed by atoms with E-state index in [9.17, 15) is 4.39 Å². The fourth-order valence-corrected chi connectivity index (χ4v) is 2.26. The number of rotatable bonds is 8. The number of nitriles is 1. The largest absolute Gasteiger partial charge is 0.312 e. The van der Waals surface area contributed by atoms with Gasteiger partial charge < -0.3 is 5.32 Å². The molecule has 0 aliphatic carbocycles. The van der Waals surface area contributed by atoms with Crippen LogP contribution in [0.25, 0.3) is 0 Å². The molecule has 20 heavy (non-hydrogen) atoms. The normalized spacial score (nSPS) is 11.3. The lowest BCUT2D eigenvalue weighted by Crippen LogP contribution is -2.29. The third-order valence-electron chi connectivity index (χ3n) is 3.54. The lowest BCUT2D eigenvalue weighted by Gasteiger charge is -2.25. The number of nitrogens with zero attached hydrogens (tertiary/aromatic N) is 1. The summed E-state index contributed by atoms with van der Waals surface area (Å²) in [5, 5.41) is 12.2. The maximum atomic E-state index is 13.2. The highest BCUT2D eigenvalue weighted by molar-refractivity contribution is 5.34. The molecular weight excluding hydrogens is 251 g/mol. The standard InChI is InChI=1S/C17H25FN2/c1-4-5-6-9-17(2,3)13-20-12-14-7-8-16(18)15(10-14)11-19/h7-8,10,20H,4-6,9,12-13H2,1-3H3. The summed E-state index contributed by atoms with van der Waals surface area (Å²) in [5.41, 5.74) is 1.34. The molecule has 1 N–H and O–H groups in total. The van der Waals surface area contributed by atoms with Crippen LogP contribution in [0.2, 0.25) is 0 Å². The lowest BCUT2D eigenvalue weighted by molar-refractivity contribution is 0.302. The van der Waals surface area contributed by atoms with Crippen LogP contribution in [0.4, 0.5) is 4.39 Å². The van der Waals surface area contributed by atoms with E-state index < -0.39 is 5.82 Å². The number of unbranched alkanes of at least 4 members (excludes halogenated alkanes) is 2. The minimum Gasteiger partial charge on any atom is -0.312 e. The molecule has 0 bridgehead atoms. The summed E-state index contributed by atoms with van der Waals surface area (Å²) in [6.45, 7) is 8.34. The molecule has 110 valence electrons. The Bertz CT molecular complexity index is 461. The monoisotopic (exact) mass is 276 g/mol. The minimum atomic E-state index is -0.448. The van der Waals surface area contributed by atoms with Crippen LogP contribution in [0.15, 0.2) is 18.2 Å². The first kappa shape index (κ1) is 16.7. The van der Waals surface area contributed by atoms with Crippen molar-refractivity contribution in [2.24, 2.45) is 5.41 Å². The van der Waals surface area contributed by atoms with E-state index in [0.29, 0.717) is 6.54 Å². The van der Waals surface area contributed by atoms with Crippen molar-refractivity contribution in [1.29, 1.82) is 5.26 Å². The van der Waals surface area contributed by atoms with Crippen molar-refractivity contribution >= 4 is 0 Å². The molecule has 0 fully saturated rings. The van der Waals surface area contributed by atoms with Crippen molar-refractivity contribution in [2.75, 3.05) is 6.54 Å². The highest BCUT2D eigenvalue weighted by Gasteiger charge is 2.16. The Balaban J connectivity index is 2.42. The van der Waals surface area contributed by atoms with Crippen LogP contribution in [-0.4, -0.2) is 6.54 Å². The molecule has 1 rings (SSSR count). The molecule has 0 aliphatic heterocycles. The van der Waals surface area contributed by atoms with Crippen LogP contribution in [0.5, 0.6) is 0 Å². The van der Waals surface area contributed by atoms with E-state index in [1.807, 2.05) is 6.07 Å². The van der Waals surface area contributed by atoms with Gasteiger partial charge in [0.25, 0.3) is 0 Å². The molecule has 0 radical (unpaired) electrons. The second-order valence-corrected chi connectivity index (χ2v) is 6.15. The van der Waals surface area contributed by atoms with E-state index in [4.69, 9.17) is 5.26 Å². The van der Waals surface area contributed by atoms with Gasteiger partial charge in [-0.2, -0.15) is 5.26 Å². The summed E-state index contributed by atoms with van der Waals surface area (Å²) in [6, 6.07) is 6.58. The molecule has 0 saturated carbocycles. The van der Waals surface area contributed by atoms with Gasteiger partial charge >= 0.3 is 0 Å². The number of nitrogens with one attached hydrogen (secondary N) is 1. The third-order valence-corrected chi connectivity index (χ3v) is 3.54. The van der Waals surface area contributed by atoms with Crippen molar-refractivity contribution in [1.82, 2.24) is 5.32 Å². The Hall–Kier alpha value is -1.40. The second kappa shape index (κ2) is 8.01. The van der Waals surface area contributed by atoms with Gasteiger partial charge in [-0.1, -0.05) is 46.1 Å². The highest BCUT2D eigenvalue weighted by Crippen LogP contribution is 2.22. The third kappa shape index (κ3) is 5.71. The van der Waals surface area contributed by atoms with Crippen LogP contribution >= 0.6 is 0 Å². The SMILES string of the molecule is CCCCCC(C)(C)CNCc1ccc(F)c(C#N)c1. The topological polar surface area (TPSA) is 35.8 Å². The van der Waals surface area contributed by atoms with Gasteiger partial charge in [-0.05, 0) is 29.5 Å². The van der Waals surface area contributed by atoms with Crippen LogP contribution < -0.4 is 5.32 Å². The first-order valence-corrected chi connectivity index (χ1v) is 7.38. The van der Waals surface area contributed by atoms with Crippen LogP contribution in [-0.2, 0) is 6.54 Å². The van der Waals surface area contributed by atoms with Gasteiger partial charge in [0.2, 0.25) is 0 Å². The Morgan fingerprint density at radius 1 is 1.30 bits per heavy atom. The Morgan fingerprint density at radius 3 is 2.70 bits per heavy atom. The summed E-state index contributed by atoms with van der Waals surface area (Å²) in [7, 11) is 0. The van der Waals surface area contributed by atoms with Crippen molar-refractivity contribution in [3.05, 3.63) is 35.1 Å². The number of hydrogen-bond acceptors (Lipinski definition) is 2. The molecule has 0 aliphatic rings. The molecule has 1 aromatic carbocycles. The molecule has 0 amide bonds. The molecule has 0 saturated heterocycles. The molecule has 3 heteroatoms. The maximum absolute atomic E-state index is 13.2. The molecule has 0 aromatic heterocycles. The molecule has 1 aromatic rings. The fourth-order valence-electron chi connectivity index (χ4n) is 2.26. The first-order chi connectivity index (χ1) is 9.48. The van der Waals surface area contributed by atoms with E-state index in [0.717, 1.165) is 12.1 Å². The first-order valence-electron chi connectivity index (χ1n) is 7.38.